The van der Waals surface area contributed by atoms with Gasteiger partial charge in [-0.2, -0.15) is 0 Å². The molecule has 1 fully saturated rings. The first-order chi connectivity index (χ1) is 9.54. The quantitative estimate of drug-likeness (QED) is 0.903. The topological polar surface area (TPSA) is 62.3 Å². The molecule has 1 aromatic rings. The van der Waals surface area contributed by atoms with Crippen molar-refractivity contribution in [3.05, 3.63) is 29.6 Å². The first-order valence-electron chi connectivity index (χ1n) is 7.05. The van der Waals surface area contributed by atoms with Crippen LogP contribution in [0.25, 0.3) is 0 Å². The molecule has 1 aliphatic heterocycles. The number of hydrogen-bond acceptors (Lipinski definition) is 3. The van der Waals surface area contributed by atoms with Crippen LogP contribution in [0, 0.1) is 6.92 Å². The second-order valence-corrected chi connectivity index (χ2v) is 5.29. The fourth-order valence-corrected chi connectivity index (χ4v) is 2.45. The molecular formula is C15H21N3O2. The largest absolute Gasteiger partial charge is 0.343 e. The molecule has 108 valence electrons. The highest BCUT2D eigenvalue weighted by Gasteiger charge is 2.37. The number of nitrogens with one attached hydrogen (secondary N) is 1. The van der Waals surface area contributed by atoms with E-state index in [0.717, 1.165) is 17.5 Å². The van der Waals surface area contributed by atoms with Gasteiger partial charge in [-0.25, -0.2) is 0 Å². The predicted molar refractivity (Wildman–Crippen MR) is 75.8 cm³/mol. The van der Waals surface area contributed by atoms with Crippen LogP contribution in [0.5, 0.6) is 0 Å². The summed E-state index contributed by atoms with van der Waals surface area (Å²) in [6.07, 6.45) is 5.04. The molecule has 0 aliphatic carbocycles. The van der Waals surface area contributed by atoms with Crippen LogP contribution < -0.4 is 5.32 Å². The van der Waals surface area contributed by atoms with E-state index >= 15 is 0 Å². The van der Waals surface area contributed by atoms with Gasteiger partial charge >= 0.3 is 0 Å². The van der Waals surface area contributed by atoms with Crippen LogP contribution in [0.4, 0.5) is 0 Å². The Kier molecular flexibility index (Phi) is 4.37. The molecule has 0 aromatic carbocycles. The van der Waals surface area contributed by atoms with E-state index in [1.54, 1.807) is 24.2 Å². The summed E-state index contributed by atoms with van der Waals surface area (Å²) in [7, 11) is 0. The Morgan fingerprint density at radius 2 is 2.15 bits per heavy atom. The minimum atomic E-state index is -0.428. The fourth-order valence-electron chi connectivity index (χ4n) is 2.45. The van der Waals surface area contributed by atoms with Crippen molar-refractivity contribution in [1.82, 2.24) is 15.2 Å². The van der Waals surface area contributed by atoms with Gasteiger partial charge < -0.3 is 10.2 Å². The van der Waals surface area contributed by atoms with Crippen LogP contribution >= 0.6 is 0 Å². The van der Waals surface area contributed by atoms with Crippen molar-refractivity contribution in [3.63, 3.8) is 0 Å². The van der Waals surface area contributed by atoms with Gasteiger partial charge in [-0.3, -0.25) is 14.6 Å². The third-order valence-electron chi connectivity index (χ3n) is 3.80. The van der Waals surface area contributed by atoms with Crippen LogP contribution in [0.2, 0.25) is 0 Å². The van der Waals surface area contributed by atoms with Crippen molar-refractivity contribution in [2.75, 3.05) is 0 Å². The van der Waals surface area contributed by atoms with Gasteiger partial charge in [0.1, 0.15) is 12.1 Å². The first-order valence-corrected chi connectivity index (χ1v) is 7.05. The number of rotatable bonds is 4. The summed E-state index contributed by atoms with van der Waals surface area (Å²) in [4.78, 5) is 30.2. The zero-order valence-corrected chi connectivity index (χ0v) is 12.2. The van der Waals surface area contributed by atoms with Crippen molar-refractivity contribution >= 4 is 11.8 Å². The summed E-state index contributed by atoms with van der Waals surface area (Å²) in [6.45, 7) is 6.20. The van der Waals surface area contributed by atoms with E-state index in [2.05, 4.69) is 10.3 Å². The van der Waals surface area contributed by atoms with Crippen molar-refractivity contribution in [2.24, 2.45) is 0 Å². The molecular weight excluding hydrogens is 254 g/mol. The molecule has 2 unspecified atom stereocenters. The van der Waals surface area contributed by atoms with Gasteiger partial charge in [0.15, 0.2) is 0 Å². The maximum absolute atomic E-state index is 12.5. The Bertz CT molecular complexity index is 516. The highest BCUT2D eigenvalue weighted by atomic mass is 16.2. The highest BCUT2D eigenvalue weighted by Crippen LogP contribution is 2.18. The Balaban J connectivity index is 2.21. The molecule has 1 aliphatic rings. The smallest absolute Gasteiger partial charge is 0.246 e. The standard InChI is InChI=1S/C15H21N3O2/c1-4-5-13-15(20)18(11(3)14(19)17-13)9-12-6-7-16-8-10(12)2/h6-8,11,13H,4-5,9H2,1-3H3,(H,17,19). The lowest BCUT2D eigenvalue weighted by atomic mass is 10.0. The van der Waals surface area contributed by atoms with Crippen LogP contribution in [-0.4, -0.2) is 33.8 Å². The van der Waals surface area contributed by atoms with Crippen molar-refractivity contribution in [2.45, 2.75) is 52.2 Å². The SMILES string of the molecule is CCCC1NC(=O)C(C)N(Cc2ccncc2C)C1=O. The summed E-state index contributed by atoms with van der Waals surface area (Å²) in [5, 5.41) is 2.80. The molecule has 1 aromatic heterocycles. The van der Waals surface area contributed by atoms with E-state index in [9.17, 15) is 9.59 Å². The number of carbonyl (C=O) groups excluding carboxylic acids is 2. The number of aromatic nitrogens is 1. The maximum atomic E-state index is 12.5. The van der Waals surface area contributed by atoms with Crippen molar-refractivity contribution in [1.29, 1.82) is 0 Å². The second-order valence-electron chi connectivity index (χ2n) is 5.29. The minimum Gasteiger partial charge on any atom is -0.343 e. The van der Waals surface area contributed by atoms with Crippen LogP contribution in [0.3, 0.4) is 0 Å². The normalized spacial score (nSPS) is 22.9. The first kappa shape index (κ1) is 14.5. The Hall–Kier alpha value is -1.91. The molecule has 0 saturated carbocycles. The molecule has 2 rings (SSSR count). The lowest BCUT2D eigenvalue weighted by molar-refractivity contribution is -0.149. The summed E-state index contributed by atoms with van der Waals surface area (Å²) >= 11 is 0. The number of carbonyl (C=O) groups is 2. The lowest BCUT2D eigenvalue weighted by Gasteiger charge is -2.37. The molecule has 2 atom stereocenters. The van der Waals surface area contributed by atoms with E-state index in [1.165, 1.54) is 0 Å². The molecule has 0 radical (unpaired) electrons. The second kappa shape index (κ2) is 6.03. The van der Waals surface area contributed by atoms with Crippen LogP contribution in [-0.2, 0) is 16.1 Å². The number of piperazine rings is 1. The predicted octanol–water partition coefficient (Wildman–Crippen LogP) is 1.41. The summed E-state index contributed by atoms with van der Waals surface area (Å²) in [5.74, 6) is -0.0649. The monoisotopic (exact) mass is 275 g/mol. The maximum Gasteiger partial charge on any atom is 0.246 e. The number of nitrogens with zero attached hydrogens (tertiary/aromatic N) is 2. The van der Waals surface area contributed by atoms with E-state index < -0.39 is 6.04 Å². The van der Waals surface area contributed by atoms with E-state index in [-0.39, 0.29) is 17.9 Å². The molecule has 0 spiro atoms. The molecule has 20 heavy (non-hydrogen) atoms. The van der Waals surface area contributed by atoms with Gasteiger partial charge in [0, 0.05) is 18.9 Å². The number of amides is 2. The molecule has 2 amide bonds. The van der Waals surface area contributed by atoms with Crippen molar-refractivity contribution in [3.8, 4) is 0 Å². The Morgan fingerprint density at radius 3 is 2.80 bits per heavy atom. The van der Waals surface area contributed by atoms with Gasteiger partial charge in [-0.1, -0.05) is 13.3 Å². The average molecular weight is 275 g/mol. The summed E-state index contributed by atoms with van der Waals surface area (Å²) in [5.41, 5.74) is 2.07. The van der Waals surface area contributed by atoms with Crippen LogP contribution in [0.1, 0.15) is 37.8 Å². The Labute approximate surface area is 119 Å². The van der Waals surface area contributed by atoms with Gasteiger partial charge in [0.2, 0.25) is 11.8 Å². The van der Waals surface area contributed by atoms with Gasteiger partial charge in [-0.05, 0) is 37.5 Å². The average Bonchev–Trinajstić information content (AvgIpc) is 2.43. The molecule has 2 heterocycles. The van der Waals surface area contributed by atoms with Crippen molar-refractivity contribution < 1.29 is 9.59 Å². The lowest BCUT2D eigenvalue weighted by Crippen LogP contribution is -2.61. The molecule has 1 N–H and O–H groups in total. The molecule has 0 bridgehead atoms. The number of aryl methyl sites for hydroxylation is 1. The Morgan fingerprint density at radius 1 is 1.40 bits per heavy atom. The summed E-state index contributed by atoms with van der Waals surface area (Å²) < 4.78 is 0. The zero-order chi connectivity index (χ0) is 14.7. The highest BCUT2D eigenvalue weighted by molar-refractivity contribution is 5.96. The third-order valence-corrected chi connectivity index (χ3v) is 3.80. The van der Waals surface area contributed by atoms with E-state index in [1.807, 2.05) is 19.9 Å². The van der Waals surface area contributed by atoms with E-state index in [0.29, 0.717) is 13.0 Å². The fraction of sp³-hybridized carbons (Fsp3) is 0.533. The zero-order valence-electron chi connectivity index (χ0n) is 12.2. The molecule has 5 nitrogen and oxygen atoms in total. The molecule has 5 heteroatoms. The molecule has 1 saturated heterocycles. The minimum absolute atomic E-state index is 0.00941. The number of hydrogen-bond donors (Lipinski definition) is 1. The van der Waals surface area contributed by atoms with Crippen LogP contribution in [0.15, 0.2) is 18.5 Å². The summed E-state index contributed by atoms with van der Waals surface area (Å²) in [6, 6.07) is 1.09. The number of pyridine rings is 1. The van der Waals surface area contributed by atoms with Gasteiger partial charge in [-0.15, -0.1) is 0 Å². The van der Waals surface area contributed by atoms with E-state index in [4.69, 9.17) is 0 Å². The van der Waals surface area contributed by atoms with Gasteiger partial charge in [0.05, 0.1) is 0 Å². The third kappa shape index (κ3) is 2.81. The van der Waals surface area contributed by atoms with Gasteiger partial charge in [0.25, 0.3) is 0 Å².